The van der Waals surface area contributed by atoms with Gasteiger partial charge < -0.3 is 30.8 Å². The number of rotatable bonds is 10. The molecule has 0 aliphatic rings. The lowest BCUT2D eigenvalue weighted by molar-refractivity contribution is -0.436. The Morgan fingerprint density at radius 3 is 1.91 bits per heavy atom. The molecule has 0 saturated heterocycles. The lowest BCUT2D eigenvalue weighted by Gasteiger charge is -2.26. The molecule has 22 heavy (non-hydrogen) atoms. The molecule has 0 aromatic rings. The second-order valence-electron chi connectivity index (χ2n) is 3.80. The van der Waals surface area contributed by atoms with E-state index in [1.807, 2.05) is 0 Å². The van der Waals surface area contributed by atoms with Crippen LogP contribution in [0.2, 0.25) is 0 Å². The molecule has 0 aromatic carbocycles. The van der Waals surface area contributed by atoms with Gasteiger partial charge >= 0.3 is 19.5 Å². The van der Waals surface area contributed by atoms with E-state index in [1.165, 1.54) is 0 Å². The molecule has 14 heteroatoms. The highest BCUT2D eigenvalue weighted by atomic mass is 31.2. The van der Waals surface area contributed by atoms with Crippen LogP contribution in [0.15, 0.2) is 0 Å². The molecule has 0 rings (SSSR count). The molecule has 12 nitrogen and oxygen atoms in total. The van der Waals surface area contributed by atoms with Crippen LogP contribution in [-0.2, 0) is 23.9 Å². The van der Waals surface area contributed by atoms with E-state index in [2.05, 4.69) is 9.71 Å². The van der Waals surface area contributed by atoms with Crippen LogP contribution in [0.1, 0.15) is 25.7 Å². The molecular formula is C8H19NO11P2. The monoisotopic (exact) mass is 367 g/mol. The predicted molar refractivity (Wildman–Crippen MR) is 72.9 cm³/mol. The van der Waals surface area contributed by atoms with Gasteiger partial charge in [0.1, 0.15) is 8.81 Å². The first kappa shape index (κ1) is 23.6. The van der Waals surface area contributed by atoms with Crippen molar-refractivity contribution in [2.75, 3.05) is 6.54 Å². The lowest BCUT2D eigenvalue weighted by Crippen LogP contribution is -2.24. The average Bonchev–Trinajstić information content (AvgIpc) is 2.40. The van der Waals surface area contributed by atoms with Crippen LogP contribution < -0.4 is 5.73 Å². The average molecular weight is 367 g/mol. The van der Waals surface area contributed by atoms with Crippen molar-refractivity contribution in [3.8, 4) is 0 Å². The summed E-state index contributed by atoms with van der Waals surface area (Å²) in [4.78, 5) is 36.9. The molecule has 0 amide bonds. The van der Waals surface area contributed by atoms with Gasteiger partial charge in [0.2, 0.25) is 5.08 Å². The standard InChI is InChI=1S/C4H13NO7P2.C4H6O4/c5-3-1-2-4(6,13-12-11-7)14(8,9)10;5-3(6)1-2-4(7)8/h6-7,13H,1-3,5H2,(H2,8,9,10);1-2H2,(H,5,6)(H,7,8). The van der Waals surface area contributed by atoms with Crippen LogP contribution >= 0.6 is 16.4 Å². The Balaban J connectivity index is 0. The minimum atomic E-state index is -4.75. The first-order chi connectivity index (χ1) is 10.00. The number of carbonyl (C=O) groups is 2. The van der Waals surface area contributed by atoms with Crippen LogP contribution in [0.4, 0.5) is 0 Å². The Morgan fingerprint density at radius 2 is 1.64 bits per heavy atom. The third-order valence-electron chi connectivity index (χ3n) is 2.01. The summed E-state index contributed by atoms with van der Waals surface area (Å²) in [5, 5.41) is 33.9. The van der Waals surface area contributed by atoms with E-state index in [-0.39, 0.29) is 32.2 Å². The largest absolute Gasteiger partial charge is 0.481 e. The maximum Gasteiger partial charge on any atom is 0.363 e. The molecule has 0 saturated carbocycles. The Bertz CT molecular complexity index is 362. The van der Waals surface area contributed by atoms with Gasteiger partial charge in [-0.1, -0.05) is 5.04 Å². The van der Waals surface area contributed by atoms with E-state index in [1.54, 1.807) is 0 Å². The molecule has 0 heterocycles. The Kier molecular flexibility index (Phi) is 12.7. The van der Waals surface area contributed by atoms with E-state index in [4.69, 9.17) is 31.0 Å². The molecule has 0 bridgehead atoms. The molecule has 0 fully saturated rings. The summed E-state index contributed by atoms with van der Waals surface area (Å²) in [5.74, 6) is -2.15. The third kappa shape index (κ3) is 11.9. The smallest absolute Gasteiger partial charge is 0.363 e. The number of carboxylic acid groups (broad SMARTS) is 2. The van der Waals surface area contributed by atoms with Crippen molar-refractivity contribution in [3.05, 3.63) is 0 Å². The maximum absolute atomic E-state index is 10.9. The summed E-state index contributed by atoms with van der Waals surface area (Å²) in [5.41, 5.74) is 5.13. The quantitative estimate of drug-likeness (QED) is 0.148. The molecule has 0 aliphatic carbocycles. The maximum atomic E-state index is 10.9. The summed E-state index contributed by atoms with van der Waals surface area (Å²) in [6.45, 7) is 0.173. The zero-order valence-corrected chi connectivity index (χ0v) is 13.2. The Labute approximate surface area is 126 Å². The van der Waals surface area contributed by atoms with Gasteiger partial charge in [-0.2, -0.15) is 4.67 Å². The first-order valence-electron chi connectivity index (χ1n) is 5.66. The summed E-state index contributed by atoms with van der Waals surface area (Å²) >= 11 is 0. The SMILES string of the molecule is NCCCC(O)(POOO)P(=O)(O)O.O=C(O)CCC(=O)O. The Hall–Kier alpha value is -0.680. The highest BCUT2D eigenvalue weighted by Gasteiger charge is 2.46. The fourth-order valence-electron chi connectivity index (χ4n) is 0.904. The van der Waals surface area contributed by atoms with Gasteiger partial charge in [0.15, 0.2) is 0 Å². The van der Waals surface area contributed by atoms with Crippen LogP contribution in [-0.4, -0.2) is 53.9 Å². The molecule has 2 unspecified atom stereocenters. The number of hydrogen-bond acceptors (Lipinski definition) is 8. The van der Waals surface area contributed by atoms with Crippen LogP contribution in [0.5, 0.6) is 0 Å². The van der Waals surface area contributed by atoms with Gasteiger partial charge in [-0.3, -0.25) is 14.2 Å². The summed E-state index contributed by atoms with van der Waals surface area (Å²) in [6.07, 6.45) is -0.621. The van der Waals surface area contributed by atoms with Crippen LogP contribution in [0, 0.1) is 0 Å². The third-order valence-corrected chi connectivity index (χ3v) is 5.08. The van der Waals surface area contributed by atoms with Gasteiger partial charge in [-0.25, -0.2) is 5.26 Å². The summed E-state index contributed by atoms with van der Waals surface area (Å²) < 4.78 is 14.8. The van der Waals surface area contributed by atoms with Gasteiger partial charge in [0, 0.05) is 0 Å². The van der Waals surface area contributed by atoms with Gasteiger partial charge in [-0.05, 0) is 19.4 Å². The van der Waals surface area contributed by atoms with Gasteiger partial charge in [0.05, 0.1) is 12.8 Å². The van der Waals surface area contributed by atoms with Crippen molar-refractivity contribution < 1.29 is 54.2 Å². The molecule has 0 radical (unpaired) electrons. The number of hydrogen-bond donors (Lipinski definition) is 7. The fraction of sp³-hybridized carbons (Fsp3) is 0.750. The van der Waals surface area contributed by atoms with Gasteiger partial charge in [0.25, 0.3) is 0 Å². The van der Waals surface area contributed by atoms with Gasteiger partial charge in [-0.15, -0.1) is 0 Å². The van der Waals surface area contributed by atoms with Crippen molar-refractivity contribution in [1.29, 1.82) is 0 Å². The van der Waals surface area contributed by atoms with Crippen molar-refractivity contribution >= 4 is 28.3 Å². The van der Waals surface area contributed by atoms with Crippen molar-refractivity contribution in [2.24, 2.45) is 5.73 Å². The highest BCUT2D eigenvalue weighted by Crippen LogP contribution is 2.60. The fourth-order valence-corrected chi connectivity index (χ4v) is 2.39. The summed E-state index contributed by atoms with van der Waals surface area (Å²) in [6, 6.07) is 0. The molecule has 8 N–H and O–H groups in total. The van der Waals surface area contributed by atoms with Crippen molar-refractivity contribution in [2.45, 2.75) is 30.8 Å². The number of nitrogens with two attached hydrogens (primary N) is 1. The molecule has 0 spiro atoms. The van der Waals surface area contributed by atoms with E-state index in [0.29, 0.717) is 0 Å². The van der Waals surface area contributed by atoms with Crippen LogP contribution in [0.3, 0.4) is 0 Å². The normalized spacial score (nSPS) is 14.2. The zero-order valence-electron chi connectivity index (χ0n) is 11.3. The number of aliphatic hydroxyl groups is 1. The predicted octanol–water partition coefficient (Wildman–Crippen LogP) is -0.500. The second-order valence-corrected chi connectivity index (χ2v) is 7.25. The molecule has 0 aliphatic heterocycles. The molecule has 132 valence electrons. The van der Waals surface area contributed by atoms with E-state index < -0.39 is 33.4 Å². The van der Waals surface area contributed by atoms with Crippen molar-refractivity contribution in [1.82, 2.24) is 0 Å². The minimum Gasteiger partial charge on any atom is -0.481 e. The number of aliphatic carboxylic acids is 2. The van der Waals surface area contributed by atoms with E-state index in [0.717, 1.165) is 0 Å². The lowest BCUT2D eigenvalue weighted by atomic mass is 10.3. The highest BCUT2D eigenvalue weighted by molar-refractivity contribution is 7.64. The van der Waals surface area contributed by atoms with Crippen LogP contribution in [0.25, 0.3) is 0 Å². The van der Waals surface area contributed by atoms with E-state index >= 15 is 0 Å². The first-order valence-corrected chi connectivity index (χ1v) is 8.18. The topological polar surface area (TPSA) is 217 Å². The number of carboxylic acids is 2. The summed E-state index contributed by atoms with van der Waals surface area (Å²) in [7, 11) is -5.85. The zero-order chi connectivity index (χ0) is 17.8. The van der Waals surface area contributed by atoms with Crippen molar-refractivity contribution in [3.63, 3.8) is 0 Å². The molecule has 2 atom stereocenters. The second kappa shape index (κ2) is 11.8. The Morgan fingerprint density at radius 1 is 1.18 bits per heavy atom. The molecule has 0 aromatic heterocycles. The molecular weight excluding hydrogens is 348 g/mol. The minimum absolute atomic E-state index is 0.173. The van der Waals surface area contributed by atoms with E-state index in [9.17, 15) is 19.3 Å².